The van der Waals surface area contributed by atoms with E-state index in [1.165, 1.54) is 0 Å². The van der Waals surface area contributed by atoms with Crippen LogP contribution in [-0.2, 0) is 6.54 Å². The second-order valence-corrected chi connectivity index (χ2v) is 6.13. The Hall–Kier alpha value is -3.48. The number of benzene rings is 2. The lowest BCUT2D eigenvalue weighted by Crippen LogP contribution is -2.33. The highest BCUT2D eigenvalue weighted by atomic mass is 16.6. The molecule has 1 unspecified atom stereocenters. The van der Waals surface area contributed by atoms with E-state index in [-0.39, 0.29) is 12.0 Å². The molecule has 0 spiro atoms. The fourth-order valence-corrected chi connectivity index (χ4v) is 2.86. The summed E-state index contributed by atoms with van der Waals surface area (Å²) in [5.41, 5.74) is 1.13. The summed E-state index contributed by atoms with van der Waals surface area (Å²) >= 11 is 0. The van der Waals surface area contributed by atoms with Crippen LogP contribution in [0.3, 0.4) is 0 Å². The predicted molar refractivity (Wildman–Crippen MR) is 99.5 cm³/mol. The predicted octanol–water partition coefficient (Wildman–Crippen LogP) is 2.98. The molecule has 1 amide bonds. The van der Waals surface area contributed by atoms with Gasteiger partial charge in [0, 0.05) is 11.8 Å². The standard InChI is InChI=1S/C20H19N3O4/c1-25-16-6-4-5-14(9-16)20(24)22-15-10-21-23(11-15)12-17-13-26-18-7-2-3-8-19(18)27-17/h2-11,17H,12-13H2,1H3,(H,22,24). The van der Waals surface area contributed by atoms with Crippen LogP contribution in [0.1, 0.15) is 10.4 Å². The maximum absolute atomic E-state index is 12.4. The number of amides is 1. The highest BCUT2D eigenvalue weighted by Crippen LogP contribution is 2.31. The number of rotatable bonds is 5. The van der Waals surface area contributed by atoms with Gasteiger partial charge in [-0.2, -0.15) is 5.10 Å². The fourth-order valence-electron chi connectivity index (χ4n) is 2.86. The number of para-hydroxylation sites is 2. The van der Waals surface area contributed by atoms with E-state index < -0.39 is 0 Å². The molecule has 4 rings (SSSR count). The molecule has 7 heteroatoms. The number of carbonyl (C=O) groups excluding carboxylic acids is 1. The molecule has 1 atom stereocenters. The van der Waals surface area contributed by atoms with Crippen LogP contribution >= 0.6 is 0 Å². The first-order valence-electron chi connectivity index (χ1n) is 8.57. The molecule has 2 heterocycles. The molecule has 0 fully saturated rings. The van der Waals surface area contributed by atoms with Crippen molar-refractivity contribution in [2.45, 2.75) is 12.6 Å². The summed E-state index contributed by atoms with van der Waals surface area (Å²) < 4.78 is 18.5. The van der Waals surface area contributed by atoms with Crippen molar-refractivity contribution in [1.29, 1.82) is 0 Å². The van der Waals surface area contributed by atoms with E-state index in [2.05, 4.69) is 10.4 Å². The minimum absolute atomic E-state index is 0.151. The number of nitrogens with zero attached hydrogens (tertiary/aromatic N) is 2. The molecule has 1 aromatic heterocycles. The van der Waals surface area contributed by atoms with E-state index in [4.69, 9.17) is 14.2 Å². The SMILES string of the molecule is COc1cccc(C(=O)Nc2cnn(CC3COc4ccccc4O3)c2)c1. The van der Waals surface area contributed by atoms with Crippen LogP contribution in [0.25, 0.3) is 0 Å². The van der Waals surface area contributed by atoms with Crippen molar-refractivity contribution in [3.63, 3.8) is 0 Å². The molecule has 0 saturated heterocycles. The number of methoxy groups -OCH3 is 1. The third-order valence-electron chi connectivity index (χ3n) is 4.18. The van der Waals surface area contributed by atoms with Gasteiger partial charge in [0.25, 0.3) is 5.91 Å². The molecule has 2 aromatic carbocycles. The number of ether oxygens (including phenoxy) is 3. The zero-order chi connectivity index (χ0) is 18.6. The molecular weight excluding hydrogens is 346 g/mol. The van der Waals surface area contributed by atoms with Crippen molar-refractivity contribution < 1.29 is 19.0 Å². The first kappa shape index (κ1) is 17.0. The van der Waals surface area contributed by atoms with Gasteiger partial charge in [-0.3, -0.25) is 9.48 Å². The molecule has 7 nitrogen and oxygen atoms in total. The van der Waals surface area contributed by atoms with E-state index in [1.54, 1.807) is 48.5 Å². The summed E-state index contributed by atoms with van der Waals surface area (Å²) in [4.78, 5) is 12.4. The topological polar surface area (TPSA) is 74.6 Å². The Bertz CT molecular complexity index is 954. The van der Waals surface area contributed by atoms with Gasteiger partial charge in [0.1, 0.15) is 12.4 Å². The van der Waals surface area contributed by atoms with E-state index in [0.29, 0.717) is 30.2 Å². The molecule has 27 heavy (non-hydrogen) atoms. The average molecular weight is 365 g/mol. The van der Waals surface area contributed by atoms with Crippen LogP contribution in [0, 0.1) is 0 Å². The van der Waals surface area contributed by atoms with E-state index in [0.717, 1.165) is 11.5 Å². The van der Waals surface area contributed by atoms with Gasteiger partial charge in [0.05, 0.1) is 25.5 Å². The smallest absolute Gasteiger partial charge is 0.255 e. The van der Waals surface area contributed by atoms with Crippen molar-refractivity contribution in [3.8, 4) is 17.2 Å². The monoisotopic (exact) mass is 365 g/mol. The Morgan fingerprint density at radius 1 is 1.26 bits per heavy atom. The Morgan fingerprint density at radius 2 is 2.11 bits per heavy atom. The zero-order valence-electron chi connectivity index (χ0n) is 14.8. The lowest BCUT2D eigenvalue weighted by atomic mass is 10.2. The minimum atomic E-state index is -0.223. The largest absolute Gasteiger partial charge is 0.497 e. The molecule has 1 aliphatic rings. The highest BCUT2D eigenvalue weighted by molar-refractivity contribution is 6.04. The summed E-state index contributed by atoms with van der Waals surface area (Å²) in [5, 5.41) is 7.12. The van der Waals surface area contributed by atoms with Gasteiger partial charge in [-0.15, -0.1) is 0 Å². The van der Waals surface area contributed by atoms with Crippen molar-refractivity contribution in [3.05, 3.63) is 66.5 Å². The Morgan fingerprint density at radius 3 is 2.96 bits per heavy atom. The van der Waals surface area contributed by atoms with Gasteiger partial charge in [-0.05, 0) is 30.3 Å². The van der Waals surface area contributed by atoms with Gasteiger partial charge < -0.3 is 19.5 Å². The van der Waals surface area contributed by atoms with Crippen molar-refractivity contribution in [1.82, 2.24) is 9.78 Å². The molecule has 0 saturated carbocycles. The lowest BCUT2D eigenvalue weighted by Gasteiger charge is -2.26. The summed E-state index contributed by atoms with van der Waals surface area (Å²) in [7, 11) is 1.57. The van der Waals surface area contributed by atoms with Crippen molar-refractivity contribution >= 4 is 11.6 Å². The molecule has 138 valence electrons. The van der Waals surface area contributed by atoms with Gasteiger partial charge in [-0.25, -0.2) is 0 Å². The quantitative estimate of drug-likeness (QED) is 0.752. The Labute approximate surface area is 156 Å². The van der Waals surface area contributed by atoms with Crippen molar-refractivity contribution in [2.75, 3.05) is 19.0 Å². The third kappa shape index (κ3) is 3.87. The van der Waals surface area contributed by atoms with E-state index in [9.17, 15) is 4.79 Å². The number of hydrogen-bond donors (Lipinski definition) is 1. The third-order valence-corrected chi connectivity index (χ3v) is 4.18. The van der Waals surface area contributed by atoms with Crippen LogP contribution in [0.5, 0.6) is 17.2 Å². The molecule has 0 radical (unpaired) electrons. The maximum Gasteiger partial charge on any atom is 0.255 e. The minimum Gasteiger partial charge on any atom is -0.497 e. The zero-order valence-corrected chi connectivity index (χ0v) is 14.8. The normalized spacial score (nSPS) is 15.2. The van der Waals surface area contributed by atoms with Crippen LogP contribution in [0.2, 0.25) is 0 Å². The average Bonchev–Trinajstić information content (AvgIpc) is 3.14. The van der Waals surface area contributed by atoms with E-state index >= 15 is 0 Å². The van der Waals surface area contributed by atoms with E-state index in [1.807, 2.05) is 24.3 Å². The second kappa shape index (κ2) is 7.41. The number of hydrogen-bond acceptors (Lipinski definition) is 5. The number of carbonyl (C=O) groups is 1. The van der Waals surface area contributed by atoms with Gasteiger partial charge in [-0.1, -0.05) is 18.2 Å². The second-order valence-electron chi connectivity index (χ2n) is 6.13. The van der Waals surface area contributed by atoms with Gasteiger partial charge >= 0.3 is 0 Å². The lowest BCUT2D eigenvalue weighted by molar-refractivity contribution is 0.0759. The maximum atomic E-state index is 12.4. The van der Waals surface area contributed by atoms with Crippen LogP contribution in [-0.4, -0.2) is 35.5 Å². The molecule has 0 aliphatic carbocycles. The van der Waals surface area contributed by atoms with Crippen LogP contribution < -0.4 is 19.5 Å². The van der Waals surface area contributed by atoms with Crippen LogP contribution in [0.4, 0.5) is 5.69 Å². The first-order valence-corrected chi connectivity index (χ1v) is 8.57. The van der Waals surface area contributed by atoms with Crippen LogP contribution in [0.15, 0.2) is 60.9 Å². The number of aromatic nitrogens is 2. The molecule has 0 bridgehead atoms. The summed E-state index contributed by atoms with van der Waals surface area (Å²) in [6.45, 7) is 0.964. The fraction of sp³-hybridized carbons (Fsp3) is 0.200. The molecular formula is C20H19N3O4. The summed E-state index contributed by atoms with van der Waals surface area (Å²) in [6.07, 6.45) is 3.22. The number of nitrogens with one attached hydrogen (secondary N) is 1. The molecule has 1 aliphatic heterocycles. The molecule has 1 N–H and O–H groups in total. The Kier molecular flexibility index (Phi) is 4.65. The first-order chi connectivity index (χ1) is 13.2. The summed E-state index contributed by atoms with van der Waals surface area (Å²) in [5.74, 6) is 1.89. The summed E-state index contributed by atoms with van der Waals surface area (Å²) in [6, 6.07) is 14.6. The number of anilines is 1. The molecule has 3 aromatic rings. The highest BCUT2D eigenvalue weighted by Gasteiger charge is 2.21. The van der Waals surface area contributed by atoms with Gasteiger partial charge in [0.15, 0.2) is 17.6 Å². The number of fused-ring (bicyclic) bond motifs is 1. The Balaban J connectivity index is 1.38. The van der Waals surface area contributed by atoms with Crippen molar-refractivity contribution in [2.24, 2.45) is 0 Å². The van der Waals surface area contributed by atoms with Gasteiger partial charge in [0.2, 0.25) is 0 Å².